The molecular formula is C58H48F3N4OPt-3. The molecule has 0 saturated heterocycles. The van der Waals surface area contributed by atoms with Crippen LogP contribution in [0.1, 0.15) is 83.8 Å². The average Bonchev–Trinajstić information content (AvgIpc) is 3.88. The van der Waals surface area contributed by atoms with E-state index in [2.05, 4.69) is 49.6 Å². The van der Waals surface area contributed by atoms with E-state index in [0.717, 1.165) is 55.6 Å². The van der Waals surface area contributed by atoms with Crippen molar-refractivity contribution < 1.29 is 45.8 Å². The van der Waals surface area contributed by atoms with Gasteiger partial charge in [0.2, 0.25) is 0 Å². The predicted molar refractivity (Wildman–Crippen MR) is 262 cm³/mol. The molecule has 0 fully saturated rings. The van der Waals surface area contributed by atoms with Crippen LogP contribution in [-0.4, -0.2) is 9.55 Å². The second kappa shape index (κ2) is 17.9. The normalized spacial score (nSPS) is 13.7. The molecule has 0 saturated carbocycles. The van der Waals surface area contributed by atoms with Gasteiger partial charge < -0.3 is 19.1 Å². The van der Waals surface area contributed by atoms with Gasteiger partial charge in [0.15, 0.2) is 0 Å². The van der Waals surface area contributed by atoms with Gasteiger partial charge in [0.05, 0.1) is 12.4 Å². The summed E-state index contributed by atoms with van der Waals surface area (Å²) in [6.45, 7) is 16.3. The number of hydrogen-bond donors (Lipinski definition) is 0. The van der Waals surface area contributed by atoms with Crippen LogP contribution in [0.4, 0.5) is 35.9 Å². The molecule has 0 spiro atoms. The van der Waals surface area contributed by atoms with Gasteiger partial charge in [-0.1, -0.05) is 115 Å². The van der Waals surface area contributed by atoms with E-state index in [1.54, 1.807) is 24.3 Å². The molecule has 9 heteroatoms. The van der Waals surface area contributed by atoms with Crippen LogP contribution in [-0.2, 0) is 26.5 Å². The van der Waals surface area contributed by atoms with Gasteiger partial charge in [-0.05, 0) is 92.9 Å². The Morgan fingerprint density at radius 3 is 2.00 bits per heavy atom. The van der Waals surface area contributed by atoms with Crippen molar-refractivity contribution in [2.45, 2.75) is 65.7 Å². The molecule has 0 bridgehead atoms. The largest absolute Gasteiger partial charge is 0.509 e. The number of pyridine rings is 1. The summed E-state index contributed by atoms with van der Waals surface area (Å²) >= 11 is 0. The van der Waals surface area contributed by atoms with Crippen molar-refractivity contribution in [1.29, 1.82) is 0 Å². The van der Waals surface area contributed by atoms with Gasteiger partial charge >= 0.3 is 0 Å². The summed E-state index contributed by atoms with van der Waals surface area (Å²) in [6.07, 6.45) is 1.81. The topological polar surface area (TPSA) is 33.5 Å². The number of halogens is 3. The first-order valence-electron chi connectivity index (χ1n) is 24.4. The molecule has 1 aliphatic heterocycles. The van der Waals surface area contributed by atoms with Crippen LogP contribution in [0.25, 0.3) is 49.9 Å². The third-order valence-electron chi connectivity index (χ3n) is 12.1. The minimum absolute atomic E-state index is 0. The molecule has 0 radical (unpaired) electrons. The number of benzene rings is 7. The van der Waals surface area contributed by atoms with Gasteiger partial charge in [-0.25, -0.2) is 18.2 Å². The van der Waals surface area contributed by atoms with E-state index in [9.17, 15) is 4.39 Å². The first-order chi connectivity index (χ1) is 33.8. The van der Waals surface area contributed by atoms with Gasteiger partial charge in [0, 0.05) is 73.5 Å². The molecule has 7 aromatic carbocycles. The fraction of sp³-hybridized carbons (Fsp3) is 0.172. The molecule has 340 valence electrons. The molecule has 0 N–H and O–H groups in total. The Morgan fingerprint density at radius 2 is 1.33 bits per heavy atom. The quantitative estimate of drug-likeness (QED) is 0.135. The van der Waals surface area contributed by atoms with Crippen molar-refractivity contribution >= 4 is 44.6 Å². The van der Waals surface area contributed by atoms with Crippen molar-refractivity contribution in [3.63, 3.8) is 0 Å². The van der Waals surface area contributed by atoms with E-state index in [4.69, 9.17) is 16.6 Å². The van der Waals surface area contributed by atoms with Crippen molar-refractivity contribution in [2.75, 3.05) is 9.80 Å². The summed E-state index contributed by atoms with van der Waals surface area (Å²) in [6, 6.07) is 36.6. The zero-order valence-corrected chi connectivity index (χ0v) is 40.1. The first-order valence-corrected chi connectivity index (χ1v) is 21.9. The molecular weight excluding hydrogens is 1020 g/mol. The molecule has 3 heterocycles. The van der Waals surface area contributed by atoms with Crippen LogP contribution >= 0.6 is 0 Å². The second-order valence-corrected chi connectivity index (χ2v) is 18.2. The standard InChI is InChI=1S/C58H48F3N4O.Pt/c1-35(2)47-27-39(56-49(60)30-41(59)31-50(56)61)28-48(36(3)4)57(47)64-34-63(52-19-13-14-20-53(52)64)42-25-38(37-15-9-8-10-16-37)26-44(32-42)66-43-21-22-46-45-17-11-12-18-51(45)65(54(46)33-43)55-29-40(23-24-62-55)58(5,6)7;/h8-31,34-36H,1-7H3;/q-3;/i8D,9D,10D,15D,16D;. The van der Waals surface area contributed by atoms with Crippen molar-refractivity contribution in [1.82, 2.24) is 9.55 Å². The Bertz CT molecular complexity index is 3550. The van der Waals surface area contributed by atoms with E-state index >= 15 is 8.78 Å². The molecule has 0 unspecified atom stereocenters. The predicted octanol–water partition coefficient (Wildman–Crippen LogP) is 16.3. The van der Waals surface area contributed by atoms with Gasteiger partial charge in [0.1, 0.15) is 23.3 Å². The van der Waals surface area contributed by atoms with Gasteiger partial charge in [-0.2, -0.15) is 6.07 Å². The fourth-order valence-electron chi connectivity index (χ4n) is 8.83. The number of anilines is 4. The molecule has 0 atom stereocenters. The molecule has 5 nitrogen and oxygen atoms in total. The average molecular weight is 1070 g/mol. The molecule has 9 aromatic rings. The maximum Gasteiger partial charge on any atom is 0.136 e. The number of nitrogens with zero attached hydrogens (tertiary/aromatic N) is 4. The van der Waals surface area contributed by atoms with E-state index in [-0.39, 0.29) is 78.4 Å². The Kier molecular flexibility index (Phi) is 10.5. The van der Waals surface area contributed by atoms with Gasteiger partial charge in [-0.15, -0.1) is 53.6 Å². The molecule has 67 heavy (non-hydrogen) atoms. The number of ether oxygens (including phenoxy) is 1. The third kappa shape index (κ3) is 8.42. The van der Waals surface area contributed by atoms with Crippen LogP contribution in [0.2, 0.25) is 0 Å². The Labute approximate surface area is 411 Å². The molecule has 0 amide bonds. The maximum absolute atomic E-state index is 15.4. The number of rotatable bonds is 9. The third-order valence-corrected chi connectivity index (χ3v) is 12.1. The molecule has 2 aromatic heterocycles. The van der Waals surface area contributed by atoms with Crippen molar-refractivity contribution in [3.8, 4) is 39.6 Å². The number of fused-ring (bicyclic) bond motifs is 4. The van der Waals surface area contributed by atoms with Gasteiger partial charge in [0.25, 0.3) is 0 Å². The van der Waals surface area contributed by atoms with E-state index < -0.39 is 35.6 Å². The SMILES string of the molecule is [2H]c1c([2H])c([2H])c(-c2cc(Oc3[c-]c4c(cc3)c3ccccc3n4-c3cc(C(C)(C)C)ccn3)[c-]c(N3[CH-]N(c4c(C(C)C)cc(-c5c(F)cc(F)cc5F)cc4C(C)C)c4ccccc43)c2)c([2H])c1[2H].[Pt]. The van der Waals surface area contributed by atoms with Crippen molar-refractivity contribution in [2.24, 2.45) is 0 Å². The van der Waals surface area contributed by atoms with Crippen LogP contribution in [0, 0.1) is 36.3 Å². The van der Waals surface area contributed by atoms with Crippen LogP contribution in [0.5, 0.6) is 11.5 Å². The van der Waals surface area contributed by atoms with E-state index in [1.165, 1.54) is 0 Å². The minimum atomic E-state index is -1.00. The van der Waals surface area contributed by atoms with Crippen LogP contribution < -0.4 is 14.5 Å². The van der Waals surface area contributed by atoms with Crippen LogP contribution in [0.3, 0.4) is 0 Å². The second-order valence-electron chi connectivity index (χ2n) is 18.2. The number of hydrogen-bond acceptors (Lipinski definition) is 4. The summed E-state index contributed by atoms with van der Waals surface area (Å²) in [4.78, 5) is 8.73. The number of aromatic nitrogens is 2. The summed E-state index contributed by atoms with van der Waals surface area (Å²) < 4.78 is 97.3. The first kappa shape index (κ1) is 39.5. The van der Waals surface area contributed by atoms with E-state index in [1.807, 2.05) is 111 Å². The minimum Gasteiger partial charge on any atom is -0.509 e. The zero-order chi connectivity index (χ0) is 50.4. The fourth-order valence-corrected chi connectivity index (χ4v) is 8.83. The summed E-state index contributed by atoms with van der Waals surface area (Å²) in [5, 5.41) is 1.93. The molecule has 1 aliphatic rings. The molecule has 10 rings (SSSR count). The summed E-state index contributed by atoms with van der Waals surface area (Å²) in [5.74, 6) is -2.07. The van der Waals surface area contributed by atoms with Gasteiger partial charge in [-0.3, -0.25) is 0 Å². The Balaban J connectivity index is 0.00000640. The molecule has 0 aliphatic carbocycles. The smallest absolute Gasteiger partial charge is 0.136 e. The van der Waals surface area contributed by atoms with E-state index in [0.29, 0.717) is 29.4 Å². The Morgan fingerprint density at radius 1 is 0.672 bits per heavy atom. The maximum atomic E-state index is 15.4. The zero-order valence-electron chi connectivity index (χ0n) is 42.8. The monoisotopic (exact) mass is 1070 g/mol. The van der Waals surface area contributed by atoms with Crippen LogP contribution in [0.15, 0.2) is 146 Å². The van der Waals surface area contributed by atoms with Crippen molar-refractivity contribution in [3.05, 3.63) is 199 Å². The summed E-state index contributed by atoms with van der Waals surface area (Å²) in [7, 11) is 0. The Hall–Kier alpha value is -6.63. The summed E-state index contributed by atoms with van der Waals surface area (Å²) in [5.41, 5.74) is 7.12. The number of para-hydroxylation sites is 3.